The number of aryl methyl sites for hydroxylation is 2. The first-order valence-corrected chi connectivity index (χ1v) is 6.62. The Balaban J connectivity index is 1.79. The van der Waals surface area contributed by atoms with Gasteiger partial charge in [-0.1, -0.05) is 6.07 Å². The maximum atomic E-state index is 11.8. The summed E-state index contributed by atoms with van der Waals surface area (Å²) in [7, 11) is 0. The van der Waals surface area contributed by atoms with E-state index in [0.717, 1.165) is 11.3 Å². The predicted octanol–water partition coefficient (Wildman–Crippen LogP) is 2.43. The summed E-state index contributed by atoms with van der Waals surface area (Å²) in [4.78, 5) is 15.7. The highest BCUT2D eigenvalue weighted by Gasteiger charge is 2.02. The van der Waals surface area contributed by atoms with Crippen molar-refractivity contribution in [3.05, 3.63) is 59.4 Å². The summed E-state index contributed by atoms with van der Waals surface area (Å²) in [5.41, 5.74) is 4.47. The van der Waals surface area contributed by atoms with Crippen LogP contribution in [-0.4, -0.2) is 17.4 Å². The molecule has 0 fully saturated rings. The van der Waals surface area contributed by atoms with Gasteiger partial charge in [0.05, 0.1) is 6.54 Å². The molecule has 0 aliphatic heterocycles. The Morgan fingerprint density at radius 2 is 1.85 bits per heavy atom. The Kier molecular flexibility index (Phi) is 4.71. The fourth-order valence-electron chi connectivity index (χ4n) is 1.80. The van der Waals surface area contributed by atoms with Gasteiger partial charge in [-0.15, -0.1) is 0 Å². The van der Waals surface area contributed by atoms with Crippen LogP contribution in [0.25, 0.3) is 0 Å². The van der Waals surface area contributed by atoms with Crippen LogP contribution in [0.5, 0.6) is 0 Å². The maximum Gasteiger partial charge on any atom is 0.239 e. The maximum absolute atomic E-state index is 11.8. The van der Waals surface area contributed by atoms with E-state index >= 15 is 0 Å². The van der Waals surface area contributed by atoms with Crippen LogP contribution in [0.4, 0.5) is 5.69 Å². The van der Waals surface area contributed by atoms with Gasteiger partial charge in [-0.2, -0.15) is 0 Å². The molecule has 0 saturated heterocycles. The van der Waals surface area contributed by atoms with E-state index in [4.69, 9.17) is 0 Å². The summed E-state index contributed by atoms with van der Waals surface area (Å²) in [5.74, 6) is -0.0277. The summed E-state index contributed by atoms with van der Waals surface area (Å²) in [6.07, 6.45) is 3.43. The second kappa shape index (κ2) is 6.70. The molecule has 20 heavy (non-hydrogen) atoms. The number of hydrogen-bond acceptors (Lipinski definition) is 3. The number of pyridine rings is 1. The average Bonchev–Trinajstić information content (AvgIpc) is 2.47. The largest absolute Gasteiger partial charge is 0.376 e. The SMILES string of the molecule is Cc1ccc(NCC(=O)NCc2ccncc2)cc1C. The molecule has 0 saturated carbocycles. The Morgan fingerprint density at radius 1 is 1.10 bits per heavy atom. The lowest BCUT2D eigenvalue weighted by Crippen LogP contribution is -2.29. The van der Waals surface area contributed by atoms with Gasteiger partial charge in [0.15, 0.2) is 0 Å². The molecule has 104 valence electrons. The van der Waals surface area contributed by atoms with Gasteiger partial charge in [-0.3, -0.25) is 9.78 Å². The number of carbonyl (C=O) groups is 1. The van der Waals surface area contributed by atoms with Gasteiger partial charge in [0, 0.05) is 24.6 Å². The van der Waals surface area contributed by atoms with Crippen LogP contribution in [0.2, 0.25) is 0 Å². The number of carbonyl (C=O) groups excluding carboxylic acids is 1. The minimum atomic E-state index is -0.0277. The quantitative estimate of drug-likeness (QED) is 0.876. The van der Waals surface area contributed by atoms with Crippen LogP contribution >= 0.6 is 0 Å². The van der Waals surface area contributed by atoms with E-state index in [0.29, 0.717) is 6.54 Å². The van der Waals surface area contributed by atoms with Crippen molar-refractivity contribution in [1.82, 2.24) is 10.3 Å². The van der Waals surface area contributed by atoms with Crippen molar-refractivity contribution >= 4 is 11.6 Å². The second-order valence-electron chi connectivity index (χ2n) is 4.78. The molecule has 2 rings (SSSR count). The summed E-state index contributed by atoms with van der Waals surface area (Å²) in [6, 6.07) is 9.85. The van der Waals surface area contributed by atoms with Crippen molar-refractivity contribution in [2.24, 2.45) is 0 Å². The van der Waals surface area contributed by atoms with Gasteiger partial charge in [0.1, 0.15) is 0 Å². The van der Waals surface area contributed by atoms with E-state index in [9.17, 15) is 4.79 Å². The lowest BCUT2D eigenvalue weighted by atomic mass is 10.1. The molecule has 4 nitrogen and oxygen atoms in total. The van der Waals surface area contributed by atoms with E-state index in [1.54, 1.807) is 12.4 Å². The van der Waals surface area contributed by atoms with Crippen molar-refractivity contribution in [3.8, 4) is 0 Å². The van der Waals surface area contributed by atoms with Crippen molar-refractivity contribution in [2.75, 3.05) is 11.9 Å². The number of nitrogens with zero attached hydrogens (tertiary/aromatic N) is 1. The van der Waals surface area contributed by atoms with Crippen molar-refractivity contribution < 1.29 is 4.79 Å². The zero-order valence-electron chi connectivity index (χ0n) is 11.8. The predicted molar refractivity (Wildman–Crippen MR) is 80.5 cm³/mol. The molecule has 1 amide bonds. The van der Waals surface area contributed by atoms with Gasteiger partial charge in [-0.25, -0.2) is 0 Å². The van der Waals surface area contributed by atoms with Crippen LogP contribution in [0.15, 0.2) is 42.7 Å². The first-order chi connectivity index (χ1) is 9.65. The molecule has 0 radical (unpaired) electrons. The number of hydrogen-bond donors (Lipinski definition) is 2. The molecular formula is C16H19N3O. The monoisotopic (exact) mass is 269 g/mol. The first-order valence-electron chi connectivity index (χ1n) is 6.62. The minimum Gasteiger partial charge on any atom is -0.376 e. The van der Waals surface area contributed by atoms with E-state index in [1.807, 2.05) is 30.3 Å². The van der Waals surface area contributed by atoms with Gasteiger partial charge in [0.2, 0.25) is 5.91 Å². The Hall–Kier alpha value is -2.36. The smallest absolute Gasteiger partial charge is 0.239 e. The highest BCUT2D eigenvalue weighted by molar-refractivity contribution is 5.80. The van der Waals surface area contributed by atoms with E-state index in [2.05, 4.69) is 29.5 Å². The fraction of sp³-hybridized carbons (Fsp3) is 0.250. The van der Waals surface area contributed by atoms with Gasteiger partial charge >= 0.3 is 0 Å². The summed E-state index contributed by atoms with van der Waals surface area (Å²) in [6.45, 7) is 4.92. The molecule has 0 unspecified atom stereocenters. The fourth-order valence-corrected chi connectivity index (χ4v) is 1.80. The molecule has 0 spiro atoms. The third kappa shape index (κ3) is 4.09. The lowest BCUT2D eigenvalue weighted by molar-refractivity contribution is -0.119. The van der Waals surface area contributed by atoms with E-state index < -0.39 is 0 Å². The summed E-state index contributed by atoms with van der Waals surface area (Å²) >= 11 is 0. The van der Waals surface area contributed by atoms with Crippen LogP contribution < -0.4 is 10.6 Å². The minimum absolute atomic E-state index is 0.0277. The van der Waals surface area contributed by atoms with Crippen LogP contribution in [0, 0.1) is 13.8 Å². The van der Waals surface area contributed by atoms with Gasteiger partial charge in [0.25, 0.3) is 0 Å². The standard InChI is InChI=1S/C16H19N3O/c1-12-3-4-15(9-13(12)2)18-11-16(20)19-10-14-5-7-17-8-6-14/h3-9,18H,10-11H2,1-2H3,(H,19,20). The number of amides is 1. The highest BCUT2D eigenvalue weighted by atomic mass is 16.1. The third-order valence-electron chi connectivity index (χ3n) is 3.20. The zero-order valence-corrected chi connectivity index (χ0v) is 11.8. The van der Waals surface area contributed by atoms with E-state index in [1.165, 1.54) is 11.1 Å². The van der Waals surface area contributed by atoms with Crippen LogP contribution in [-0.2, 0) is 11.3 Å². The summed E-state index contributed by atoms with van der Waals surface area (Å²) in [5, 5.41) is 5.99. The van der Waals surface area contributed by atoms with Crippen molar-refractivity contribution in [2.45, 2.75) is 20.4 Å². The van der Waals surface area contributed by atoms with Gasteiger partial charge < -0.3 is 10.6 Å². The summed E-state index contributed by atoms with van der Waals surface area (Å²) < 4.78 is 0. The number of rotatable bonds is 5. The van der Waals surface area contributed by atoms with E-state index in [-0.39, 0.29) is 12.5 Å². The second-order valence-corrected chi connectivity index (χ2v) is 4.78. The molecule has 4 heteroatoms. The molecule has 0 aliphatic carbocycles. The number of anilines is 1. The lowest BCUT2D eigenvalue weighted by Gasteiger charge is -2.09. The first kappa shape index (κ1) is 14.1. The molecule has 0 atom stereocenters. The molecule has 1 aromatic carbocycles. The number of benzene rings is 1. The topological polar surface area (TPSA) is 54.0 Å². The average molecular weight is 269 g/mol. The molecule has 1 aromatic heterocycles. The van der Waals surface area contributed by atoms with Crippen molar-refractivity contribution in [1.29, 1.82) is 0 Å². The Morgan fingerprint density at radius 3 is 2.55 bits per heavy atom. The molecule has 0 bridgehead atoms. The van der Waals surface area contributed by atoms with Crippen molar-refractivity contribution in [3.63, 3.8) is 0 Å². The van der Waals surface area contributed by atoms with Crippen LogP contribution in [0.1, 0.15) is 16.7 Å². The molecule has 2 N–H and O–H groups in total. The Bertz CT molecular complexity index is 582. The third-order valence-corrected chi connectivity index (χ3v) is 3.20. The normalized spacial score (nSPS) is 10.1. The number of aromatic nitrogens is 1. The molecule has 2 aromatic rings. The zero-order chi connectivity index (χ0) is 14.4. The highest BCUT2D eigenvalue weighted by Crippen LogP contribution is 2.13. The number of nitrogens with one attached hydrogen (secondary N) is 2. The molecule has 1 heterocycles. The molecular weight excluding hydrogens is 250 g/mol. The van der Waals surface area contributed by atoms with Gasteiger partial charge in [-0.05, 0) is 54.8 Å². The Labute approximate surface area is 119 Å². The molecule has 0 aliphatic rings. The van der Waals surface area contributed by atoms with Crippen LogP contribution in [0.3, 0.4) is 0 Å².